The number of carbonyl (C=O) groups is 3. The minimum atomic E-state index is -0.571. The van der Waals surface area contributed by atoms with E-state index in [4.69, 9.17) is 0 Å². The van der Waals surface area contributed by atoms with Crippen molar-refractivity contribution >= 4 is 17.6 Å². The lowest BCUT2D eigenvalue weighted by atomic mass is 9.80. The van der Waals surface area contributed by atoms with E-state index in [1.807, 2.05) is 39.5 Å². The highest BCUT2D eigenvalue weighted by Crippen LogP contribution is 2.33. The van der Waals surface area contributed by atoms with Crippen LogP contribution in [0.4, 0.5) is 4.39 Å². The van der Waals surface area contributed by atoms with Gasteiger partial charge in [-0.25, -0.2) is 4.39 Å². The highest BCUT2D eigenvalue weighted by Gasteiger charge is 2.34. The molecule has 36 heavy (non-hydrogen) atoms. The number of carbonyl (C=O) groups excluding carboxylic acids is 3. The average molecular weight is 499 g/mol. The minimum absolute atomic E-state index is 0.00109. The number of benzene rings is 1. The molecule has 1 aromatic carbocycles. The number of halogens is 1. The van der Waals surface area contributed by atoms with Crippen LogP contribution < -0.4 is 5.32 Å². The van der Waals surface area contributed by atoms with Crippen molar-refractivity contribution in [1.29, 1.82) is 0 Å². The molecule has 1 atom stereocenters. The Balaban J connectivity index is 1.73. The first-order valence-corrected chi connectivity index (χ1v) is 13.7. The lowest BCUT2D eigenvalue weighted by molar-refractivity contribution is -0.128. The van der Waals surface area contributed by atoms with Crippen LogP contribution in [0.15, 0.2) is 29.3 Å². The molecule has 1 unspecified atom stereocenters. The number of nitrogens with zero attached hydrogens (tertiary/aromatic N) is 1. The second-order valence-corrected chi connectivity index (χ2v) is 11.0. The zero-order valence-electron chi connectivity index (χ0n) is 22.7. The van der Waals surface area contributed by atoms with Crippen molar-refractivity contribution in [2.45, 2.75) is 97.9 Å². The molecule has 3 rings (SSSR count). The first-order valence-electron chi connectivity index (χ1n) is 13.7. The number of allylic oxidation sites excluding steroid dienone is 1. The average Bonchev–Trinajstić information content (AvgIpc) is 2.87. The third kappa shape index (κ3) is 6.43. The van der Waals surface area contributed by atoms with Crippen LogP contribution in [0.25, 0.3) is 0 Å². The number of ketones is 1. The van der Waals surface area contributed by atoms with E-state index in [0.717, 1.165) is 43.3 Å². The highest BCUT2D eigenvalue weighted by atomic mass is 19.1. The third-order valence-corrected chi connectivity index (χ3v) is 7.99. The van der Waals surface area contributed by atoms with Crippen LogP contribution in [-0.4, -0.2) is 41.6 Å². The molecule has 1 aliphatic heterocycles. The van der Waals surface area contributed by atoms with E-state index in [9.17, 15) is 14.4 Å². The number of Topliss-reactive ketones (excluding diaryl/α,β-unsaturated/α-hetero) is 1. The number of rotatable bonds is 8. The van der Waals surface area contributed by atoms with Crippen LogP contribution in [-0.2, 0) is 9.59 Å². The molecule has 0 radical (unpaired) electrons. The minimum Gasteiger partial charge on any atom is -0.342 e. The molecule has 1 heterocycles. The lowest BCUT2D eigenvalue weighted by Crippen LogP contribution is -2.48. The van der Waals surface area contributed by atoms with Crippen molar-refractivity contribution in [2.24, 2.45) is 11.8 Å². The van der Waals surface area contributed by atoms with Gasteiger partial charge in [0.05, 0.1) is 11.6 Å². The number of piperidine rings is 1. The first kappa shape index (κ1) is 28.1. The molecule has 2 fully saturated rings. The maximum Gasteiger partial charge on any atom is 0.254 e. The van der Waals surface area contributed by atoms with Gasteiger partial charge in [0.2, 0.25) is 5.91 Å². The summed E-state index contributed by atoms with van der Waals surface area (Å²) in [5, 5.41) is 2.92. The van der Waals surface area contributed by atoms with Crippen molar-refractivity contribution in [3.8, 4) is 0 Å². The molecule has 1 saturated carbocycles. The van der Waals surface area contributed by atoms with Crippen molar-refractivity contribution < 1.29 is 18.8 Å². The van der Waals surface area contributed by atoms with Gasteiger partial charge in [0.1, 0.15) is 5.82 Å². The number of likely N-dealkylation sites (tertiary alicyclic amines) is 1. The fourth-order valence-corrected chi connectivity index (χ4v) is 5.81. The smallest absolute Gasteiger partial charge is 0.254 e. The topological polar surface area (TPSA) is 66.5 Å². The number of hydrogen-bond donors (Lipinski definition) is 1. The molecule has 0 spiro atoms. The highest BCUT2D eigenvalue weighted by molar-refractivity contribution is 5.99. The summed E-state index contributed by atoms with van der Waals surface area (Å²) in [6.45, 7) is 10.8. The Morgan fingerprint density at radius 3 is 2.22 bits per heavy atom. The predicted molar refractivity (Wildman–Crippen MR) is 141 cm³/mol. The van der Waals surface area contributed by atoms with Gasteiger partial charge in [0, 0.05) is 24.6 Å². The summed E-state index contributed by atoms with van der Waals surface area (Å²) < 4.78 is 15.7. The Kier molecular flexibility index (Phi) is 9.86. The summed E-state index contributed by atoms with van der Waals surface area (Å²) in [7, 11) is 0. The molecule has 2 amide bonds. The van der Waals surface area contributed by atoms with Crippen LogP contribution in [0.3, 0.4) is 0 Å². The number of amides is 2. The van der Waals surface area contributed by atoms with Gasteiger partial charge in [0.15, 0.2) is 5.78 Å². The zero-order chi connectivity index (χ0) is 26.4. The van der Waals surface area contributed by atoms with Crippen molar-refractivity contribution in [3.63, 3.8) is 0 Å². The molecule has 6 heteroatoms. The monoisotopic (exact) mass is 498 g/mol. The summed E-state index contributed by atoms with van der Waals surface area (Å²) in [4.78, 5) is 40.9. The number of nitrogens with one attached hydrogen (secondary N) is 1. The maximum absolute atomic E-state index is 15.7. The van der Waals surface area contributed by atoms with Crippen LogP contribution >= 0.6 is 0 Å². The second kappa shape index (κ2) is 12.6. The van der Waals surface area contributed by atoms with Gasteiger partial charge in [-0.15, -0.1) is 0 Å². The van der Waals surface area contributed by atoms with Gasteiger partial charge in [-0.05, 0) is 69.4 Å². The van der Waals surface area contributed by atoms with Crippen LogP contribution in [0.5, 0.6) is 0 Å². The largest absolute Gasteiger partial charge is 0.342 e. The molecular weight excluding hydrogens is 455 g/mol. The van der Waals surface area contributed by atoms with Crippen molar-refractivity contribution in [2.75, 3.05) is 13.1 Å². The molecule has 1 aliphatic carbocycles. The summed E-state index contributed by atoms with van der Waals surface area (Å²) in [6, 6.07) is 4.41. The van der Waals surface area contributed by atoms with E-state index in [0.29, 0.717) is 37.9 Å². The van der Waals surface area contributed by atoms with Gasteiger partial charge in [0.25, 0.3) is 5.91 Å². The fourth-order valence-electron chi connectivity index (χ4n) is 5.81. The van der Waals surface area contributed by atoms with Gasteiger partial charge < -0.3 is 10.2 Å². The summed E-state index contributed by atoms with van der Waals surface area (Å²) >= 11 is 0. The molecule has 5 nitrogen and oxygen atoms in total. The van der Waals surface area contributed by atoms with Gasteiger partial charge in [-0.2, -0.15) is 0 Å². The Labute approximate surface area is 215 Å². The van der Waals surface area contributed by atoms with Gasteiger partial charge in [-0.1, -0.05) is 57.7 Å². The Morgan fingerprint density at radius 2 is 1.67 bits per heavy atom. The van der Waals surface area contributed by atoms with Crippen LogP contribution in [0.1, 0.15) is 108 Å². The maximum atomic E-state index is 15.7. The van der Waals surface area contributed by atoms with E-state index in [2.05, 4.69) is 5.32 Å². The standard InChI is InChI=1S/C30H43FN2O3/c1-6-23(19(2)3)30(36)33-17-15-21(16-18-33)24-13-10-14-25(26(24)31)29(35)32-27(28(34)20(4)5)22-11-8-7-9-12-22/h10,13-14,20-22,27H,6-9,11-12,15-18H2,1-5H3,(H,32,35). The third-order valence-electron chi connectivity index (χ3n) is 7.99. The molecule has 2 aliphatic rings. The Hall–Kier alpha value is -2.50. The van der Waals surface area contributed by atoms with Crippen LogP contribution in [0, 0.1) is 17.7 Å². The van der Waals surface area contributed by atoms with E-state index < -0.39 is 17.8 Å². The Bertz CT molecular complexity index is 982. The van der Waals surface area contributed by atoms with Gasteiger partial charge in [-0.3, -0.25) is 14.4 Å². The lowest BCUT2D eigenvalue weighted by Gasteiger charge is -2.33. The molecular formula is C30H43FN2O3. The summed E-state index contributed by atoms with van der Waals surface area (Å²) in [5.41, 5.74) is 2.41. The fraction of sp³-hybridized carbons (Fsp3) is 0.633. The molecule has 198 valence electrons. The molecule has 1 saturated heterocycles. The summed E-state index contributed by atoms with van der Waals surface area (Å²) in [5.74, 6) is -1.05. The SMILES string of the molecule is CCC(C(=O)N1CCC(c2cccc(C(=O)NC(C(=O)C(C)C)C3CCCCC3)c2F)CC1)=C(C)C. The predicted octanol–water partition coefficient (Wildman–Crippen LogP) is 6.18. The molecule has 0 bridgehead atoms. The van der Waals surface area contributed by atoms with Crippen molar-refractivity contribution in [1.82, 2.24) is 10.2 Å². The Morgan fingerprint density at radius 1 is 1.03 bits per heavy atom. The molecule has 1 N–H and O–H groups in total. The van der Waals surface area contributed by atoms with E-state index in [-0.39, 0.29) is 35.0 Å². The first-order chi connectivity index (χ1) is 17.1. The van der Waals surface area contributed by atoms with E-state index in [1.165, 1.54) is 6.07 Å². The quantitative estimate of drug-likeness (QED) is 0.435. The van der Waals surface area contributed by atoms with Gasteiger partial charge >= 0.3 is 0 Å². The zero-order valence-corrected chi connectivity index (χ0v) is 22.7. The van der Waals surface area contributed by atoms with E-state index in [1.54, 1.807) is 12.1 Å². The van der Waals surface area contributed by atoms with Crippen LogP contribution in [0.2, 0.25) is 0 Å². The normalized spacial score (nSPS) is 18.1. The molecule has 0 aromatic heterocycles. The second-order valence-electron chi connectivity index (χ2n) is 11.0. The van der Waals surface area contributed by atoms with Crippen molar-refractivity contribution in [3.05, 3.63) is 46.3 Å². The summed E-state index contributed by atoms with van der Waals surface area (Å²) in [6.07, 6.45) is 7.11. The van der Waals surface area contributed by atoms with E-state index >= 15 is 4.39 Å². The number of hydrogen-bond acceptors (Lipinski definition) is 3. The molecule has 1 aromatic rings.